The summed E-state index contributed by atoms with van der Waals surface area (Å²) < 4.78 is 5.10. The number of amides is 2. The number of carboxylic acids is 1. The van der Waals surface area contributed by atoms with Crippen molar-refractivity contribution in [2.45, 2.75) is 25.8 Å². The van der Waals surface area contributed by atoms with E-state index in [-0.39, 0.29) is 12.6 Å². The van der Waals surface area contributed by atoms with E-state index < -0.39 is 12.0 Å². The lowest BCUT2D eigenvalue weighted by atomic mass is 10.1. The van der Waals surface area contributed by atoms with Gasteiger partial charge in [0.05, 0.1) is 13.2 Å². The molecule has 1 aliphatic carbocycles. The Kier molecular flexibility index (Phi) is 4.06. The summed E-state index contributed by atoms with van der Waals surface area (Å²) in [7, 11) is 0. The summed E-state index contributed by atoms with van der Waals surface area (Å²) in [6.45, 7) is 3.54. The fourth-order valence-electron chi connectivity index (χ4n) is 2.23. The first kappa shape index (κ1) is 13.1. The number of hydrogen-bond donors (Lipinski definition) is 2. The van der Waals surface area contributed by atoms with E-state index in [0.29, 0.717) is 25.6 Å². The van der Waals surface area contributed by atoms with Crippen molar-refractivity contribution < 1.29 is 19.4 Å². The molecule has 0 aromatic rings. The Balaban J connectivity index is 1.83. The Hall–Kier alpha value is -1.30. The van der Waals surface area contributed by atoms with Gasteiger partial charge in [0.25, 0.3) is 0 Å². The average molecular weight is 256 g/mol. The van der Waals surface area contributed by atoms with E-state index in [2.05, 4.69) is 12.2 Å². The molecule has 0 aromatic heterocycles. The zero-order valence-corrected chi connectivity index (χ0v) is 10.6. The minimum atomic E-state index is -1.01. The maximum absolute atomic E-state index is 12.0. The first-order valence-corrected chi connectivity index (χ1v) is 6.44. The molecule has 2 unspecified atom stereocenters. The van der Waals surface area contributed by atoms with Crippen LogP contribution < -0.4 is 5.32 Å². The van der Waals surface area contributed by atoms with E-state index in [4.69, 9.17) is 9.84 Å². The van der Waals surface area contributed by atoms with Gasteiger partial charge < -0.3 is 20.1 Å². The lowest BCUT2D eigenvalue weighted by Crippen LogP contribution is -2.56. The van der Waals surface area contributed by atoms with Crippen LogP contribution in [-0.2, 0) is 9.53 Å². The number of ether oxygens (including phenoxy) is 1. The van der Waals surface area contributed by atoms with Crippen molar-refractivity contribution in [1.82, 2.24) is 10.2 Å². The second-order valence-electron chi connectivity index (χ2n) is 5.12. The maximum atomic E-state index is 12.0. The minimum Gasteiger partial charge on any atom is -0.480 e. The standard InChI is InChI=1S/C12H20N2O4/c1-8(9-2-3-9)6-13-12(17)14-4-5-18-7-10(14)11(15)16/h8-10H,2-7H2,1H3,(H,13,17)(H,15,16). The molecule has 102 valence electrons. The summed E-state index contributed by atoms with van der Waals surface area (Å²) in [5.74, 6) is 0.184. The molecule has 18 heavy (non-hydrogen) atoms. The third-order valence-electron chi connectivity index (χ3n) is 3.68. The molecule has 0 spiro atoms. The number of carbonyl (C=O) groups excluding carboxylic acids is 1. The van der Waals surface area contributed by atoms with E-state index in [1.54, 1.807) is 0 Å². The number of urea groups is 1. The second kappa shape index (κ2) is 5.56. The van der Waals surface area contributed by atoms with Crippen molar-refractivity contribution in [2.24, 2.45) is 11.8 Å². The molecule has 0 radical (unpaired) electrons. The van der Waals surface area contributed by atoms with Crippen LogP contribution in [0.1, 0.15) is 19.8 Å². The molecule has 1 saturated heterocycles. The molecule has 2 fully saturated rings. The zero-order chi connectivity index (χ0) is 13.1. The van der Waals surface area contributed by atoms with Gasteiger partial charge in [-0.3, -0.25) is 0 Å². The summed E-state index contributed by atoms with van der Waals surface area (Å²) >= 11 is 0. The summed E-state index contributed by atoms with van der Waals surface area (Å²) in [4.78, 5) is 24.3. The number of carboxylic acid groups (broad SMARTS) is 1. The molecule has 0 aromatic carbocycles. The fraction of sp³-hybridized carbons (Fsp3) is 0.833. The topological polar surface area (TPSA) is 78.9 Å². The van der Waals surface area contributed by atoms with Gasteiger partial charge in [0.2, 0.25) is 0 Å². The van der Waals surface area contributed by atoms with Crippen molar-refractivity contribution in [3.05, 3.63) is 0 Å². The highest BCUT2D eigenvalue weighted by Crippen LogP contribution is 2.36. The predicted molar refractivity (Wildman–Crippen MR) is 64.2 cm³/mol. The highest BCUT2D eigenvalue weighted by atomic mass is 16.5. The van der Waals surface area contributed by atoms with E-state index in [1.807, 2.05) is 0 Å². The Morgan fingerprint density at radius 3 is 2.83 bits per heavy atom. The molecule has 6 heteroatoms. The summed E-state index contributed by atoms with van der Waals surface area (Å²) in [5, 5.41) is 11.9. The Bertz CT molecular complexity index is 330. The lowest BCUT2D eigenvalue weighted by molar-refractivity contribution is -0.147. The van der Waals surface area contributed by atoms with Crippen LogP contribution >= 0.6 is 0 Å². The lowest BCUT2D eigenvalue weighted by Gasteiger charge is -2.33. The molecule has 2 amide bonds. The van der Waals surface area contributed by atoms with Crippen molar-refractivity contribution in [3.63, 3.8) is 0 Å². The quantitative estimate of drug-likeness (QED) is 0.769. The number of carbonyl (C=O) groups is 2. The number of nitrogens with zero attached hydrogens (tertiary/aromatic N) is 1. The van der Waals surface area contributed by atoms with Crippen LogP contribution in [0.25, 0.3) is 0 Å². The second-order valence-corrected chi connectivity index (χ2v) is 5.12. The zero-order valence-electron chi connectivity index (χ0n) is 10.6. The molecule has 1 aliphatic heterocycles. The molecule has 2 N–H and O–H groups in total. The van der Waals surface area contributed by atoms with E-state index >= 15 is 0 Å². The SMILES string of the molecule is CC(CNC(=O)N1CCOCC1C(=O)O)C1CC1. The fourth-order valence-corrected chi connectivity index (χ4v) is 2.23. The molecular formula is C12H20N2O4. The average Bonchev–Trinajstić information content (AvgIpc) is 3.19. The molecule has 2 rings (SSSR count). The molecule has 1 saturated carbocycles. The van der Waals surface area contributed by atoms with Crippen LogP contribution in [0, 0.1) is 11.8 Å². The smallest absolute Gasteiger partial charge is 0.328 e. The van der Waals surface area contributed by atoms with Gasteiger partial charge in [-0.1, -0.05) is 6.92 Å². The highest BCUT2D eigenvalue weighted by Gasteiger charge is 2.33. The number of morpholine rings is 1. The van der Waals surface area contributed by atoms with E-state index in [0.717, 1.165) is 5.92 Å². The molecule has 2 atom stereocenters. The normalized spacial score (nSPS) is 25.6. The Labute approximate surface area is 106 Å². The summed E-state index contributed by atoms with van der Waals surface area (Å²) in [5.41, 5.74) is 0. The first-order chi connectivity index (χ1) is 8.59. The molecule has 6 nitrogen and oxygen atoms in total. The maximum Gasteiger partial charge on any atom is 0.328 e. The van der Waals surface area contributed by atoms with Crippen LogP contribution in [0.4, 0.5) is 4.79 Å². The Morgan fingerprint density at radius 2 is 2.22 bits per heavy atom. The molecular weight excluding hydrogens is 236 g/mol. The third kappa shape index (κ3) is 3.13. The minimum absolute atomic E-state index is 0.0704. The van der Waals surface area contributed by atoms with Crippen molar-refractivity contribution in [1.29, 1.82) is 0 Å². The largest absolute Gasteiger partial charge is 0.480 e. The van der Waals surface area contributed by atoms with Gasteiger partial charge in [0, 0.05) is 13.1 Å². The van der Waals surface area contributed by atoms with Crippen molar-refractivity contribution in [2.75, 3.05) is 26.3 Å². The number of hydrogen-bond acceptors (Lipinski definition) is 3. The number of rotatable bonds is 4. The van der Waals surface area contributed by atoms with E-state index in [9.17, 15) is 9.59 Å². The van der Waals surface area contributed by atoms with Crippen LogP contribution in [-0.4, -0.2) is 54.4 Å². The van der Waals surface area contributed by atoms with Gasteiger partial charge >= 0.3 is 12.0 Å². The molecule has 0 bridgehead atoms. The van der Waals surface area contributed by atoms with Gasteiger partial charge in [0.1, 0.15) is 0 Å². The van der Waals surface area contributed by atoms with Crippen LogP contribution in [0.15, 0.2) is 0 Å². The third-order valence-corrected chi connectivity index (χ3v) is 3.68. The van der Waals surface area contributed by atoms with Gasteiger partial charge in [0.15, 0.2) is 6.04 Å². The molecule has 2 aliphatic rings. The van der Waals surface area contributed by atoms with Gasteiger partial charge in [-0.15, -0.1) is 0 Å². The van der Waals surface area contributed by atoms with Crippen LogP contribution in [0.2, 0.25) is 0 Å². The van der Waals surface area contributed by atoms with E-state index in [1.165, 1.54) is 17.7 Å². The van der Waals surface area contributed by atoms with Crippen LogP contribution in [0.3, 0.4) is 0 Å². The summed E-state index contributed by atoms with van der Waals surface area (Å²) in [6, 6.07) is -1.16. The highest BCUT2D eigenvalue weighted by molar-refractivity contribution is 5.83. The van der Waals surface area contributed by atoms with Gasteiger partial charge in [-0.2, -0.15) is 0 Å². The first-order valence-electron chi connectivity index (χ1n) is 6.44. The van der Waals surface area contributed by atoms with Crippen molar-refractivity contribution in [3.8, 4) is 0 Å². The summed E-state index contributed by atoms with van der Waals surface area (Å²) in [6.07, 6.45) is 2.48. The van der Waals surface area contributed by atoms with Crippen LogP contribution in [0.5, 0.6) is 0 Å². The predicted octanol–water partition coefficient (Wildman–Crippen LogP) is 0.527. The molecule has 1 heterocycles. The van der Waals surface area contributed by atoms with Gasteiger partial charge in [-0.05, 0) is 24.7 Å². The monoisotopic (exact) mass is 256 g/mol. The van der Waals surface area contributed by atoms with Crippen molar-refractivity contribution >= 4 is 12.0 Å². The number of nitrogens with one attached hydrogen (secondary N) is 1. The number of aliphatic carboxylic acids is 1. The van der Waals surface area contributed by atoms with Gasteiger partial charge in [-0.25, -0.2) is 9.59 Å². The Morgan fingerprint density at radius 1 is 1.50 bits per heavy atom.